The van der Waals surface area contributed by atoms with Crippen LogP contribution in [0.2, 0.25) is 0 Å². The van der Waals surface area contributed by atoms with Gasteiger partial charge in [0.25, 0.3) is 7.37 Å². The maximum atomic E-state index is 11.7. The first-order valence-corrected chi connectivity index (χ1v) is 5.35. The summed E-state index contributed by atoms with van der Waals surface area (Å²) in [6.45, 7) is 0. The first kappa shape index (κ1) is 9.46. The minimum absolute atomic E-state index is 0.451. The summed E-state index contributed by atoms with van der Waals surface area (Å²) in [5, 5.41) is 9.40. The number of aliphatic hydroxyl groups is 1. The van der Waals surface area contributed by atoms with Gasteiger partial charge in [0.2, 0.25) is 0 Å². The molecule has 0 radical (unpaired) electrons. The maximum Gasteiger partial charge on any atom is 0.256 e. The lowest BCUT2D eigenvalue weighted by Gasteiger charge is -2.12. The van der Waals surface area contributed by atoms with Crippen molar-refractivity contribution in [3.63, 3.8) is 0 Å². The predicted molar refractivity (Wildman–Crippen MR) is 47.8 cm³/mol. The van der Waals surface area contributed by atoms with Crippen LogP contribution in [0.1, 0.15) is 0 Å². The Balaban J connectivity index is 3.04. The number of aliphatic hydroxyl groups excluding tert-OH is 1. The molecule has 66 valence electrons. The topological polar surface area (TPSA) is 46.5 Å². The van der Waals surface area contributed by atoms with Crippen molar-refractivity contribution >= 4 is 12.7 Å². The molecule has 0 amide bonds. The summed E-state index contributed by atoms with van der Waals surface area (Å²) in [5.41, 5.74) is 0. The van der Waals surface area contributed by atoms with Gasteiger partial charge in [-0.2, -0.15) is 0 Å². The second kappa shape index (κ2) is 3.85. The fourth-order valence-electron chi connectivity index (χ4n) is 0.900. The summed E-state index contributed by atoms with van der Waals surface area (Å²) in [5.74, 6) is 0. The van der Waals surface area contributed by atoms with E-state index >= 15 is 0 Å². The minimum atomic E-state index is -2.98. The van der Waals surface area contributed by atoms with Gasteiger partial charge in [-0.3, -0.25) is 4.57 Å². The van der Waals surface area contributed by atoms with Crippen molar-refractivity contribution in [2.45, 2.75) is 0 Å². The minimum Gasteiger partial charge on any atom is -0.386 e. The Morgan fingerprint density at radius 1 is 1.42 bits per heavy atom. The molecule has 1 aromatic carbocycles. The van der Waals surface area contributed by atoms with Crippen molar-refractivity contribution in [1.29, 1.82) is 0 Å². The van der Waals surface area contributed by atoms with Crippen LogP contribution in [-0.2, 0) is 9.09 Å². The second-order valence-corrected chi connectivity index (χ2v) is 4.84. The van der Waals surface area contributed by atoms with E-state index in [4.69, 9.17) is 9.63 Å². The lowest BCUT2D eigenvalue weighted by Crippen LogP contribution is -2.08. The molecule has 4 heteroatoms. The average molecular weight is 186 g/mol. The van der Waals surface area contributed by atoms with E-state index in [-0.39, 0.29) is 0 Å². The third-order valence-electron chi connectivity index (χ3n) is 1.63. The maximum absolute atomic E-state index is 11.7. The van der Waals surface area contributed by atoms with Crippen LogP contribution in [0.15, 0.2) is 30.3 Å². The van der Waals surface area contributed by atoms with Gasteiger partial charge < -0.3 is 9.63 Å². The SMILES string of the molecule is COP(=O)(CO)c1ccccc1. The third-order valence-corrected chi connectivity index (χ3v) is 3.68. The molecule has 1 unspecified atom stereocenters. The van der Waals surface area contributed by atoms with E-state index in [0.717, 1.165) is 0 Å². The smallest absolute Gasteiger partial charge is 0.256 e. The summed E-state index contributed by atoms with van der Waals surface area (Å²) in [4.78, 5) is 0. The Hall–Kier alpha value is -0.630. The molecule has 0 aliphatic heterocycles. The highest BCUT2D eigenvalue weighted by Gasteiger charge is 2.22. The van der Waals surface area contributed by atoms with Crippen LogP contribution >= 0.6 is 7.37 Å². The normalized spacial score (nSPS) is 15.5. The molecule has 1 N–H and O–H groups in total. The third kappa shape index (κ3) is 1.75. The quantitative estimate of drug-likeness (QED) is 0.721. The fraction of sp³-hybridized carbons (Fsp3) is 0.250. The summed E-state index contributed by atoms with van der Waals surface area (Å²) in [7, 11) is -1.64. The van der Waals surface area contributed by atoms with Gasteiger partial charge in [0.15, 0.2) is 0 Å². The molecule has 1 rings (SSSR count). The van der Waals surface area contributed by atoms with Crippen LogP contribution in [0.25, 0.3) is 0 Å². The molecule has 1 aromatic rings. The van der Waals surface area contributed by atoms with Gasteiger partial charge in [-0.1, -0.05) is 18.2 Å². The van der Waals surface area contributed by atoms with Gasteiger partial charge >= 0.3 is 0 Å². The molecular weight excluding hydrogens is 175 g/mol. The summed E-state index contributed by atoms with van der Waals surface area (Å²) < 4.78 is 16.5. The van der Waals surface area contributed by atoms with Crippen molar-refractivity contribution in [2.75, 3.05) is 13.5 Å². The van der Waals surface area contributed by atoms with Crippen LogP contribution in [-0.4, -0.2) is 18.6 Å². The highest BCUT2D eigenvalue weighted by molar-refractivity contribution is 7.66. The molecule has 0 fully saturated rings. The Bertz CT molecular complexity index is 276. The first-order valence-electron chi connectivity index (χ1n) is 3.54. The van der Waals surface area contributed by atoms with Gasteiger partial charge in [-0.25, -0.2) is 0 Å². The molecule has 0 aromatic heterocycles. The average Bonchev–Trinajstić information content (AvgIpc) is 2.18. The summed E-state index contributed by atoms with van der Waals surface area (Å²) in [6.07, 6.45) is -0.451. The first-order chi connectivity index (χ1) is 5.73. The van der Waals surface area contributed by atoms with E-state index < -0.39 is 13.7 Å². The summed E-state index contributed by atoms with van der Waals surface area (Å²) >= 11 is 0. The van der Waals surface area contributed by atoms with Crippen molar-refractivity contribution in [1.82, 2.24) is 0 Å². The van der Waals surface area contributed by atoms with Gasteiger partial charge in [0.1, 0.15) is 6.35 Å². The molecule has 3 nitrogen and oxygen atoms in total. The van der Waals surface area contributed by atoms with E-state index in [9.17, 15) is 4.57 Å². The Morgan fingerprint density at radius 2 is 2.00 bits per heavy atom. The van der Waals surface area contributed by atoms with E-state index in [1.54, 1.807) is 24.3 Å². The molecule has 0 heterocycles. The molecule has 0 saturated heterocycles. The molecule has 0 bridgehead atoms. The van der Waals surface area contributed by atoms with E-state index in [0.29, 0.717) is 5.30 Å². The molecule has 0 aliphatic carbocycles. The zero-order valence-electron chi connectivity index (χ0n) is 6.80. The zero-order chi connectivity index (χ0) is 9.03. The Labute approximate surface area is 71.4 Å². The highest BCUT2D eigenvalue weighted by atomic mass is 31.2. The Kier molecular flexibility index (Phi) is 3.04. The number of hydrogen-bond donors (Lipinski definition) is 1. The molecule has 0 spiro atoms. The van der Waals surface area contributed by atoms with Crippen molar-refractivity contribution < 1.29 is 14.2 Å². The lowest BCUT2D eigenvalue weighted by molar-refractivity contribution is 0.317. The van der Waals surface area contributed by atoms with Crippen LogP contribution in [0.5, 0.6) is 0 Å². The fourth-order valence-corrected chi connectivity index (χ4v) is 2.02. The van der Waals surface area contributed by atoms with Gasteiger partial charge in [-0.15, -0.1) is 0 Å². The predicted octanol–water partition coefficient (Wildman–Crippen LogP) is 1.19. The molecule has 0 saturated carbocycles. The second-order valence-electron chi connectivity index (χ2n) is 2.33. The summed E-state index contributed by atoms with van der Waals surface area (Å²) in [6, 6.07) is 8.70. The van der Waals surface area contributed by atoms with Crippen LogP contribution < -0.4 is 5.30 Å². The molecular formula is C8H11O3P. The number of rotatable bonds is 3. The number of hydrogen-bond acceptors (Lipinski definition) is 3. The standard InChI is InChI=1S/C8H11O3P/c1-11-12(10,7-9)8-5-3-2-4-6-8/h2-6,9H,7H2,1H3. The van der Waals surface area contributed by atoms with Crippen LogP contribution in [0.4, 0.5) is 0 Å². The molecule has 0 aliphatic rings. The zero-order valence-corrected chi connectivity index (χ0v) is 7.70. The lowest BCUT2D eigenvalue weighted by atomic mass is 10.4. The van der Waals surface area contributed by atoms with Crippen molar-refractivity contribution in [3.05, 3.63) is 30.3 Å². The van der Waals surface area contributed by atoms with E-state index in [2.05, 4.69) is 0 Å². The van der Waals surface area contributed by atoms with E-state index in [1.165, 1.54) is 7.11 Å². The van der Waals surface area contributed by atoms with E-state index in [1.807, 2.05) is 6.07 Å². The monoisotopic (exact) mass is 186 g/mol. The number of benzene rings is 1. The van der Waals surface area contributed by atoms with Crippen molar-refractivity contribution in [2.24, 2.45) is 0 Å². The van der Waals surface area contributed by atoms with Gasteiger partial charge in [0.05, 0.1) is 0 Å². The Morgan fingerprint density at radius 3 is 2.42 bits per heavy atom. The van der Waals surface area contributed by atoms with Crippen molar-refractivity contribution in [3.8, 4) is 0 Å². The van der Waals surface area contributed by atoms with Gasteiger partial charge in [0, 0.05) is 12.4 Å². The largest absolute Gasteiger partial charge is 0.386 e. The molecule has 12 heavy (non-hydrogen) atoms. The van der Waals surface area contributed by atoms with Gasteiger partial charge in [-0.05, 0) is 12.1 Å². The molecule has 1 atom stereocenters. The highest BCUT2D eigenvalue weighted by Crippen LogP contribution is 2.42. The van der Waals surface area contributed by atoms with Crippen LogP contribution in [0, 0.1) is 0 Å². The van der Waals surface area contributed by atoms with Crippen LogP contribution in [0.3, 0.4) is 0 Å².